The van der Waals surface area contributed by atoms with Crippen LogP contribution in [-0.4, -0.2) is 57.0 Å². The first-order valence-corrected chi connectivity index (χ1v) is 3.50. The lowest BCUT2D eigenvalue weighted by Gasteiger charge is -2.28. The minimum atomic E-state index is -1.30. The van der Waals surface area contributed by atoms with E-state index >= 15 is 0 Å². The number of epoxide rings is 1. The quantitative estimate of drug-likeness (QED) is 0.289. The van der Waals surface area contributed by atoms with Crippen LogP contribution >= 0.6 is 0 Å². The molecule has 2 fully saturated rings. The van der Waals surface area contributed by atoms with Crippen molar-refractivity contribution >= 4 is 0 Å². The summed E-state index contributed by atoms with van der Waals surface area (Å²) in [6.07, 6.45) is -5.73. The molecule has 0 bridgehead atoms. The average Bonchev–Trinajstić information content (AvgIpc) is 2.76. The lowest BCUT2D eigenvalue weighted by Crippen LogP contribution is -2.53. The van der Waals surface area contributed by atoms with Crippen LogP contribution in [-0.2, 0) is 4.74 Å². The average molecular weight is 162 g/mol. The van der Waals surface area contributed by atoms with E-state index in [1.807, 2.05) is 0 Å². The SMILES string of the molecule is O[C@@H]1[C@H](O)[C@H](O)[C@H]2O[C@@H]2[C@H]1O. The van der Waals surface area contributed by atoms with Crippen LogP contribution in [0.15, 0.2) is 0 Å². The van der Waals surface area contributed by atoms with Crippen LogP contribution in [0.5, 0.6) is 0 Å². The van der Waals surface area contributed by atoms with Crippen molar-refractivity contribution in [3.63, 3.8) is 0 Å². The molecule has 5 nitrogen and oxygen atoms in total. The third-order valence-electron chi connectivity index (χ3n) is 2.28. The van der Waals surface area contributed by atoms with Crippen LogP contribution in [0.3, 0.4) is 0 Å². The van der Waals surface area contributed by atoms with Gasteiger partial charge in [-0.1, -0.05) is 0 Å². The third kappa shape index (κ3) is 0.896. The molecule has 1 heterocycles. The van der Waals surface area contributed by atoms with E-state index < -0.39 is 36.6 Å². The number of rotatable bonds is 0. The zero-order valence-electron chi connectivity index (χ0n) is 5.66. The van der Waals surface area contributed by atoms with E-state index in [0.717, 1.165) is 0 Å². The molecule has 6 atom stereocenters. The summed E-state index contributed by atoms with van der Waals surface area (Å²) in [6.45, 7) is 0. The summed E-state index contributed by atoms with van der Waals surface area (Å²) in [5.41, 5.74) is 0. The van der Waals surface area contributed by atoms with Crippen molar-refractivity contribution in [2.75, 3.05) is 0 Å². The molecule has 0 aromatic heterocycles. The Bertz CT molecular complexity index is 154. The lowest BCUT2D eigenvalue weighted by molar-refractivity contribution is -0.121. The first kappa shape index (κ1) is 7.45. The fourth-order valence-electron chi connectivity index (χ4n) is 1.48. The molecular formula is C6H10O5. The van der Waals surface area contributed by atoms with Crippen molar-refractivity contribution in [1.29, 1.82) is 0 Å². The molecular weight excluding hydrogens is 152 g/mol. The van der Waals surface area contributed by atoms with Gasteiger partial charge in [0.25, 0.3) is 0 Å². The van der Waals surface area contributed by atoms with Crippen LogP contribution in [0.1, 0.15) is 0 Å². The van der Waals surface area contributed by atoms with Crippen LogP contribution in [0.25, 0.3) is 0 Å². The lowest BCUT2D eigenvalue weighted by atomic mass is 9.90. The van der Waals surface area contributed by atoms with Crippen molar-refractivity contribution in [2.45, 2.75) is 36.6 Å². The second-order valence-corrected chi connectivity index (χ2v) is 3.03. The van der Waals surface area contributed by atoms with Gasteiger partial charge in [0.05, 0.1) is 0 Å². The van der Waals surface area contributed by atoms with E-state index in [9.17, 15) is 0 Å². The largest absolute Gasteiger partial charge is 0.387 e. The minimum absolute atomic E-state index is 0.497. The first-order chi connectivity index (χ1) is 5.13. The Labute approximate surface area is 62.8 Å². The highest BCUT2D eigenvalue weighted by Crippen LogP contribution is 2.37. The molecule has 0 unspecified atom stereocenters. The molecule has 2 aliphatic rings. The summed E-state index contributed by atoms with van der Waals surface area (Å²) in [5, 5.41) is 36.4. The van der Waals surface area contributed by atoms with E-state index in [2.05, 4.69) is 0 Å². The number of aliphatic hydroxyl groups is 4. The Morgan fingerprint density at radius 2 is 1.00 bits per heavy atom. The maximum absolute atomic E-state index is 9.13. The molecule has 0 amide bonds. The van der Waals surface area contributed by atoms with Crippen molar-refractivity contribution in [3.8, 4) is 0 Å². The predicted molar refractivity (Wildman–Crippen MR) is 32.7 cm³/mol. The summed E-state index contributed by atoms with van der Waals surface area (Å²) in [5.74, 6) is 0. The van der Waals surface area contributed by atoms with Crippen LogP contribution in [0.2, 0.25) is 0 Å². The second-order valence-electron chi connectivity index (χ2n) is 3.03. The molecule has 1 aliphatic carbocycles. The normalized spacial score (nSPS) is 62.2. The van der Waals surface area contributed by atoms with Gasteiger partial charge >= 0.3 is 0 Å². The van der Waals surface area contributed by atoms with Crippen molar-refractivity contribution < 1.29 is 25.2 Å². The van der Waals surface area contributed by atoms with E-state index in [4.69, 9.17) is 25.2 Å². The number of hydrogen-bond acceptors (Lipinski definition) is 5. The fourth-order valence-corrected chi connectivity index (χ4v) is 1.48. The van der Waals surface area contributed by atoms with Gasteiger partial charge in [-0.25, -0.2) is 0 Å². The van der Waals surface area contributed by atoms with E-state index in [1.165, 1.54) is 0 Å². The molecule has 1 saturated carbocycles. The van der Waals surface area contributed by atoms with Gasteiger partial charge in [0, 0.05) is 0 Å². The number of fused-ring (bicyclic) bond motifs is 1. The predicted octanol–water partition coefficient (Wildman–Crippen LogP) is -2.79. The van der Waals surface area contributed by atoms with Crippen LogP contribution < -0.4 is 0 Å². The summed E-state index contributed by atoms with van der Waals surface area (Å²) in [7, 11) is 0. The monoisotopic (exact) mass is 162 g/mol. The number of hydrogen-bond donors (Lipinski definition) is 4. The Morgan fingerprint density at radius 3 is 1.36 bits per heavy atom. The van der Waals surface area contributed by atoms with Gasteiger partial charge in [-0.3, -0.25) is 0 Å². The standard InChI is InChI=1S/C6H10O5/c7-1-2(8)4(10)6-5(11-6)3(1)9/h1-10H/t1-,2+,3-,4-,5+,6+/m0/s1. The van der Waals surface area contributed by atoms with Crippen molar-refractivity contribution in [3.05, 3.63) is 0 Å². The van der Waals surface area contributed by atoms with E-state index in [-0.39, 0.29) is 0 Å². The molecule has 11 heavy (non-hydrogen) atoms. The molecule has 1 saturated heterocycles. The summed E-state index contributed by atoms with van der Waals surface area (Å²) in [4.78, 5) is 0. The smallest absolute Gasteiger partial charge is 0.115 e. The van der Waals surface area contributed by atoms with Gasteiger partial charge in [-0.15, -0.1) is 0 Å². The van der Waals surface area contributed by atoms with Gasteiger partial charge in [-0.05, 0) is 0 Å². The van der Waals surface area contributed by atoms with Gasteiger partial charge in [0.15, 0.2) is 0 Å². The molecule has 0 radical (unpaired) electrons. The number of aliphatic hydroxyl groups excluding tert-OH is 4. The molecule has 64 valence electrons. The summed E-state index contributed by atoms with van der Waals surface area (Å²) >= 11 is 0. The molecule has 4 N–H and O–H groups in total. The molecule has 0 spiro atoms. The molecule has 0 aromatic carbocycles. The highest BCUT2D eigenvalue weighted by atomic mass is 16.6. The molecule has 1 aliphatic heterocycles. The zero-order chi connectivity index (χ0) is 8.17. The Kier molecular flexibility index (Phi) is 1.45. The van der Waals surface area contributed by atoms with Crippen molar-refractivity contribution in [2.24, 2.45) is 0 Å². The number of ether oxygens (including phenoxy) is 1. The first-order valence-electron chi connectivity index (χ1n) is 3.50. The van der Waals surface area contributed by atoms with E-state index in [0.29, 0.717) is 0 Å². The van der Waals surface area contributed by atoms with Gasteiger partial charge < -0.3 is 25.2 Å². The van der Waals surface area contributed by atoms with Crippen LogP contribution in [0, 0.1) is 0 Å². The minimum Gasteiger partial charge on any atom is -0.387 e. The van der Waals surface area contributed by atoms with Gasteiger partial charge in [-0.2, -0.15) is 0 Å². The van der Waals surface area contributed by atoms with Gasteiger partial charge in [0.1, 0.15) is 36.6 Å². The third-order valence-corrected chi connectivity index (χ3v) is 2.28. The maximum atomic E-state index is 9.13. The second kappa shape index (κ2) is 2.15. The van der Waals surface area contributed by atoms with Gasteiger partial charge in [0.2, 0.25) is 0 Å². The maximum Gasteiger partial charge on any atom is 0.115 e. The Hall–Kier alpha value is -0.200. The van der Waals surface area contributed by atoms with Crippen molar-refractivity contribution in [1.82, 2.24) is 0 Å². The zero-order valence-corrected chi connectivity index (χ0v) is 5.66. The van der Waals surface area contributed by atoms with E-state index in [1.54, 1.807) is 0 Å². The fraction of sp³-hybridized carbons (Fsp3) is 1.00. The molecule has 0 aromatic rings. The molecule has 2 rings (SSSR count). The summed E-state index contributed by atoms with van der Waals surface area (Å²) < 4.78 is 4.82. The highest BCUT2D eigenvalue weighted by molar-refractivity contribution is 5.07. The van der Waals surface area contributed by atoms with Crippen LogP contribution in [0.4, 0.5) is 0 Å². The summed E-state index contributed by atoms with van der Waals surface area (Å²) in [6, 6.07) is 0. The Morgan fingerprint density at radius 1 is 0.636 bits per heavy atom. The topological polar surface area (TPSA) is 93.5 Å². The molecule has 5 heteroatoms. The highest BCUT2D eigenvalue weighted by Gasteiger charge is 2.59. The Balaban J connectivity index is 2.13.